The average Bonchev–Trinajstić information content (AvgIpc) is 2.91. The van der Waals surface area contributed by atoms with E-state index in [1.165, 1.54) is 173 Å². The van der Waals surface area contributed by atoms with E-state index in [4.69, 9.17) is 0 Å². The summed E-state index contributed by atoms with van der Waals surface area (Å²) >= 11 is 2.28. The molecule has 0 atom stereocenters. The van der Waals surface area contributed by atoms with E-state index in [-0.39, 0.29) is 0 Å². The third-order valence-corrected chi connectivity index (χ3v) is 8.99. The molecule has 34 heavy (non-hydrogen) atoms. The maximum absolute atomic E-state index is 4.42. The standard InChI is InChI=1S/C31H62N2S/c1-2-3-4-5-6-7-8-9-10-13-16-19-23-28-32-33-29-24-20-25-30-34-31-26-21-17-14-11-12-15-18-22-27-31/h31H,2-30H2,1H3/b33-32-. The Balaban J connectivity index is 1.79. The van der Waals surface area contributed by atoms with Gasteiger partial charge < -0.3 is 0 Å². The molecule has 0 heterocycles. The van der Waals surface area contributed by atoms with E-state index < -0.39 is 0 Å². The summed E-state index contributed by atoms with van der Waals surface area (Å²) in [5.74, 6) is 1.36. The molecule has 1 aliphatic rings. The highest BCUT2D eigenvalue weighted by Crippen LogP contribution is 2.26. The van der Waals surface area contributed by atoms with Crippen molar-refractivity contribution in [2.24, 2.45) is 10.2 Å². The number of thioether (sulfide) groups is 1. The van der Waals surface area contributed by atoms with Crippen molar-refractivity contribution in [3.8, 4) is 0 Å². The first-order chi connectivity index (χ1) is 16.9. The van der Waals surface area contributed by atoms with E-state index in [1.54, 1.807) is 0 Å². The van der Waals surface area contributed by atoms with Crippen LogP contribution >= 0.6 is 11.8 Å². The summed E-state index contributed by atoms with van der Waals surface area (Å²) in [4.78, 5) is 0. The number of rotatable bonds is 21. The summed E-state index contributed by atoms with van der Waals surface area (Å²) in [6.45, 7) is 4.20. The van der Waals surface area contributed by atoms with E-state index in [0.29, 0.717) is 0 Å². The number of hydrogen-bond donors (Lipinski definition) is 0. The van der Waals surface area contributed by atoms with Crippen LogP contribution in [0.15, 0.2) is 10.2 Å². The highest BCUT2D eigenvalue weighted by molar-refractivity contribution is 7.99. The number of unbranched alkanes of at least 4 members (excludes halogenated alkanes) is 14. The molecule has 0 aliphatic heterocycles. The van der Waals surface area contributed by atoms with Gasteiger partial charge in [-0.25, -0.2) is 0 Å². The molecule has 202 valence electrons. The summed E-state index contributed by atoms with van der Waals surface area (Å²) in [6, 6.07) is 0. The van der Waals surface area contributed by atoms with Gasteiger partial charge >= 0.3 is 0 Å². The zero-order chi connectivity index (χ0) is 24.2. The maximum Gasteiger partial charge on any atom is 0.0598 e. The molecule has 1 saturated carbocycles. The third-order valence-electron chi connectivity index (χ3n) is 7.52. The Bertz CT molecular complexity index is 400. The SMILES string of the molecule is CCCCCCCCCCCCCCC/N=N\CCCCCSC1CCCCCCCCCC1. The van der Waals surface area contributed by atoms with Crippen molar-refractivity contribution in [1.82, 2.24) is 0 Å². The average molecular weight is 495 g/mol. The van der Waals surface area contributed by atoms with E-state index in [9.17, 15) is 0 Å². The second kappa shape index (κ2) is 27.5. The third kappa shape index (κ3) is 23.7. The summed E-state index contributed by atoms with van der Waals surface area (Å²) in [6.07, 6.45) is 37.0. The van der Waals surface area contributed by atoms with E-state index in [1.807, 2.05) is 0 Å². The Hall–Kier alpha value is -0.0500. The Morgan fingerprint density at radius 2 is 0.853 bits per heavy atom. The highest BCUT2D eigenvalue weighted by Gasteiger charge is 2.10. The fourth-order valence-electron chi connectivity index (χ4n) is 5.17. The first-order valence-corrected chi connectivity index (χ1v) is 16.9. The van der Waals surface area contributed by atoms with Crippen molar-refractivity contribution >= 4 is 11.8 Å². The smallest absolute Gasteiger partial charge is 0.0598 e. The molecule has 0 amide bonds. The lowest BCUT2D eigenvalue weighted by molar-refractivity contribution is 0.539. The summed E-state index contributed by atoms with van der Waals surface area (Å²) in [5.41, 5.74) is 0. The van der Waals surface area contributed by atoms with Crippen molar-refractivity contribution in [3.05, 3.63) is 0 Å². The predicted molar refractivity (Wildman–Crippen MR) is 157 cm³/mol. The van der Waals surface area contributed by atoms with Gasteiger partial charge in [-0.05, 0) is 37.9 Å². The van der Waals surface area contributed by atoms with Crippen LogP contribution in [0.25, 0.3) is 0 Å². The molecule has 0 saturated heterocycles. The number of hydrogen-bond acceptors (Lipinski definition) is 3. The summed E-state index contributed by atoms with van der Waals surface area (Å²) < 4.78 is 0. The number of azo groups is 1. The van der Waals surface area contributed by atoms with Gasteiger partial charge in [0.2, 0.25) is 0 Å². The van der Waals surface area contributed by atoms with Gasteiger partial charge in [0.25, 0.3) is 0 Å². The Morgan fingerprint density at radius 3 is 1.32 bits per heavy atom. The summed E-state index contributed by atoms with van der Waals surface area (Å²) in [7, 11) is 0. The van der Waals surface area contributed by atoms with Gasteiger partial charge in [-0.15, -0.1) is 0 Å². The van der Waals surface area contributed by atoms with Crippen LogP contribution in [-0.2, 0) is 0 Å². The molecule has 0 bridgehead atoms. The van der Waals surface area contributed by atoms with Crippen LogP contribution < -0.4 is 0 Å². The van der Waals surface area contributed by atoms with Gasteiger partial charge in [0, 0.05) is 5.25 Å². The monoisotopic (exact) mass is 494 g/mol. The zero-order valence-electron chi connectivity index (χ0n) is 23.4. The fraction of sp³-hybridized carbons (Fsp3) is 1.00. The molecule has 0 radical (unpaired) electrons. The van der Waals surface area contributed by atoms with Gasteiger partial charge in [0.15, 0.2) is 0 Å². The molecule has 0 unspecified atom stereocenters. The van der Waals surface area contributed by atoms with E-state index in [0.717, 1.165) is 18.3 Å². The van der Waals surface area contributed by atoms with Crippen molar-refractivity contribution < 1.29 is 0 Å². The maximum atomic E-state index is 4.42. The Labute approximate surface area is 219 Å². The molecule has 0 aromatic rings. The minimum atomic E-state index is 0.943. The van der Waals surface area contributed by atoms with Crippen LogP contribution in [0.2, 0.25) is 0 Å². The minimum Gasteiger partial charge on any atom is -0.194 e. The van der Waals surface area contributed by atoms with Crippen LogP contribution in [0.5, 0.6) is 0 Å². The first-order valence-electron chi connectivity index (χ1n) is 15.9. The first kappa shape index (κ1) is 32.0. The lowest BCUT2D eigenvalue weighted by Gasteiger charge is -2.16. The molecule has 0 aromatic carbocycles. The van der Waals surface area contributed by atoms with Gasteiger partial charge in [0.1, 0.15) is 0 Å². The topological polar surface area (TPSA) is 24.7 Å². The van der Waals surface area contributed by atoms with Gasteiger partial charge in [0.05, 0.1) is 13.1 Å². The molecule has 0 aromatic heterocycles. The van der Waals surface area contributed by atoms with Crippen molar-refractivity contribution in [1.29, 1.82) is 0 Å². The summed E-state index contributed by atoms with van der Waals surface area (Å²) in [5, 5.41) is 9.78. The van der Waals surface area contributed by atoms with E-state index >= 15 is 0 Å². The Kier molecular flexibility index (Phi) is 25.9. The molecule has 0 N–H and O–H groups in total. The van der Waals surface area contributed by atoms with Gasteiger partial charge in [-0.2, -0.15) is 22.0 Å². The molecule has 1 rings (SSSR count). The van der Waals surface area contributed by atoms with Crippen LogP contribution in [0.4, 0.5) is 0 Å². The predicted octanol–water partition coefficient (Wildman–Crippen LogP) is 11.7. The van der Waals surface area contributed by atoms with Crippen molar-refractivity contribution in [2.75, 3.05) is 18.8 Å². The second-order valence-corrected chi connectivity index (χ2v) is 12.3. The van der Waals surface area contributed by atoms with Gasteiger partial charge in [-0.3, -0.25) is 0 Å². The lowest BCUT2D eigenvalue weighted by atomic mass is 10.0. The lowest BCUT2D eigenvalue weighted by Crippen LogP contribution is -2.04. The Morgan fingerprint density at radius 1 is 0.471 bits per heavy atom. The molecular weight excluding hydrogens is 432 g/mol. The van der Waals surface area contributed by atoms with Crippen LogP contribution in [0.1, 0.15) is 174 Å². The van der Waals surface area contributed by atoms with Gasteiger partial charge in [-0.1, -0.05) is 142 Å². The van der Waals surface area contributed by atoms with Crippen LogP contribution in [0.3, 0.4) is 0 Å². The minimum absolute atomic E-state index is 0.943. The molecule has 3 heteroatoms. The largest absolute Gasteiger partial charge is 0.194 e. The molecular formula is C31H62N2S. The van der Waals surface area contributed by atoms with Crippen LogP contribution in [0, 0.1) is 0 Å². The fourth-order valence-corrected chi connectivity index (χ4v) is 6.54. The normalized spacial score (nSPS) is 16.7. The highest BCUT2D eigenvalue weighted by atomic mass is 32.2. The van der Waals surface area contributed by atoms with Crippen molar-refractivity contribution in [3.63, 3.8) is 0 Å². The van der Waals surface area contributed by atoms with E-state index in [2.05, 4.69) is 28.9 Å². The van der Waals surface area contributed by atoms with Crippen LogP contribution in [-0.4, -0.2) is 24.1 Å². The molecule has 2 nitrogen and oxygen atoms in total. The second-order valence-electron chi connectivity index (χ2n) is 10.9. The molecule has 1 aliphatic carbocycles. The molecule has 1 fully saturated rings. The number of nitrogens with zero attached hydrogens (tertiary/aromatic N) is 2. The quantitative estimate of drug-likeness (QED) is 0.115. The van der Waals surface area contributed by atoms with Crippen molar-refractivity contribution in [2.45, 2.75) is 179 Å². The molecule has 0 spiro atoms. The zero-order valence-corrected chi connectivity index (χ0v) is 24.2.